The second kappa shape index (κ2) is 3.95. The third kappa shape index (κ3) is 1.88. The Morgan fingerprint density at radius 2 is 2.00 bits per heavy atom. The molecule has 1 rings (SSSR count). The van der Waals surface area contributed by atoms with Crippen LogP contribution in [0.1, 0.15) is 26.5 Å². The largest absolute Gasteiger partial charge is 0.468 e. The van der Waals surface area contributed by atoms with Gasteiger partial charge in [-0.15, -0.1) is 0 Å². The maximum atomic E-state index is 11.4. The molecule has 1 aromatic heterocycles. The highest BCUT2D eigenvalue weighted by Gasteiger charge is 2.27. The van der Waals surface area contributed by atoms with Crippen molar-refractivity contribution in [2.75, 3.05) is 7.11 Å². The summed E-state index contributed by atoms with van der Waals surface area (Å²) >= 11 is 0. The lowest BCUT2D eigenvalue weighted by Crippen LogP contribution is -2.21. The normalized spacial score (nSPS) is 9.73. The summed E-state index contributed by atoms with van der Waals surface area (Å²) in [6.07, 6.45) is 1.04. The SMILES string of the molecule is COC(=O)C(=O)c1c(C(N)=O)coc1C. The molecule has 1 amide bonds. The number of primary amides is 1. The Morgan fingerprint density at radius 3 is 2.47 bits per heavy atom. The van der Waals surface area contributed by atoms with E-state index in [4.69, 9.17) is 10.2 Å². The molecule has 0 radical (unpaired) electrons. The number of methoxy groups -OCH3 is 1. The molecule has 6 heteroatoms. The second-order valence-electron chi connectivity index (χ2n) is 2.77. The summed E-state index contributed by atoms with van der Waals surface area (Å²) in [7, 11) is 1.07. The highest BCUT2D eigenvalue weighted by Crippen LogP contribution is 2.17. The Bertz CT molecular complexity index is 432. The van der Waals surface area contributed by atoms with Crippen molar-refractivity contribution in [2.45, 2.75) is 6.92 Å². The van der Waals surface area contributed by atoms with Gasteiger partial charge in [-0.05, 0) is 6.92 Å². The van der Waals surface area contributed by atoms with Crippen LogP contribution in [-0.4, -0.2) is 24.8 Å². The molecule has 0 aliphatic carbocycles. The van der Waals surface area contributed by atoms with Crippen molar-refractivity contribution in [1.29, 1.82) is 0 Å². The van der Waals surface area contributed by atoms with E-state index < -0.39 is 17.7 Å². The van der Waals surface area contributed by atoms with E-state index in [0.717, 1.165) is 13.4 Å². The van der Waals surface area contributed by atoms with E-state index >= 15 is 0 Å². The third-order valence-electron chi connectivity index (χ3n) is 1.84. The molecule has 0 atom stereocenters. The Kier molecular flexibility index (Phi) is 2.89. The van der Waals surface area contributed by atoms with E-state index in [0.29, 0.717) is 0 Å². The molecule has 0 bridgehead atoms. The molecule has 1 aromatic rings. The first-order valence-corrected chi connectivity index (χ1v) is 3.99. The Morgan fingerprint density at radius 1 is 1.40 bits per heavy atom. The molecule has 0 saturated heterocycles. The van der Waals surface area contributed by atoms with E-state index in [1.54, 1.807) is 0 Å². The lowest BCUT2D eigenvalue weighted by Gasteiger charge is -1.98. The van der Waals surface area contributed by atoms with E-state index in [1.807, 2.05) is 0 Å². The van der Waals surface area contributed by atoms with Gasteiger partial charge in [-0.25, -0.2) is 4.79 Å². The highest BCUT2D eigenvalue weighted by molar-refractivity contribution is 6.42. The van der Waals surface area contributed by atoms with Gasteiger partial charge in [0.25, 0.3) is 11.7 Å². The number of amides is 1. The van der Waals surface area contributed by atoms with Crippen LogP contribution in [0, 0.1) is 6.92 Å². The summed E-state index contributed by atoms with van der Waals surface area (Å²) in [6.45, 7) is 1.45. The molecule has 0 spiro atoms. The maximum Gasteiger partial charge on any atom is 0.379 e. The van der Waals surface area contributed by atoms with E-state index in [-0.39, 0.29) is 16.9 Å². The minimum Gasteiger partial charge on any atom is -0.468 e. The molecular formula is C9H9NO5. The van der Waals surface area contributed by atoms with Gasteiger partial charge in [-0.2, -0.15) is 0 Å². The molecule has 6 nitrogen and oxygen atoms in total. The number of ether oxygens (including phenoxy) is 1. The zero-order valence-corrected chi connectivity index (χ0v) is 8.20. The highest BCUT2D eigenvalue weighted by atomic mass is 16.5. The van der Waals surface area contributed by atoms with Crippen molar-refractivity contribution in [3.05, 3.63) is 23.2 Å². The average molecular weight is 211 g/mol. The zero-order valence-electron chi connectivity index (χ0n) is 8.20. The van der Waals surface area contributed by atoms with Crippen molar-refractivity contribution in [1.82, 2.24) is 0 Å². The molecule has 0 aliphatic rings. The van der Waals surface area contributed by atoms with E-state index in [1.165, 1.54) is 6.92 Å². The first kappa shape index (κ1) is 11.0. The van der Waals surface area contributed by atoms with Gasteiger partial charge in [0.1, 0.15) is 12.0 Å². The summed E-state index contributed by atoms with van der Waals surface area (Å²) in [6, 6.07) is 0. The fourth-order valence-electron chi connectivity index (χ4n) is 1.11. The molecular weight excluding hydrogens is 202 g/mol. The summed E-state index contributed by atoms with van der Waals surface area (Å²) in [5.41, 5.74) is 4.74. The number of Topliss-reactive ketones (excluding diaryl/α,β-unsaturated/α-hetero) is 1. The summed E-state index contributed by atoms with van der Waals surface area (Å²) in [4.78, 5) is 33.3. The number of esters is 1. The average Bonchev–Trinajstić information content (AvgIpc) is 2.58. The van der Waals surface area contributed by atoms with Crippen molar-refractivity contribution >= 4 is 17.7 Å². The van der Waals surface area contributed by atoms with Gasteiger partial charge in [0.15, 0.2) is 0 Å². The van der Waals surface area contributed by atoms with Crippen LogP contribution in [0.15, 0.2) is 10.7 Å². The van der Waals surface area contributed by atoms with Gasteiger partial charge in [0.2, 0.25) is 0 Å². The lowest BCUT2D eigenvalue weighted by atomic mass is 10.1. The zero-order chi connectivity index (χ0) is 11.6. The van der Waals surface area contributed by atoms with Crippen LogP contribution in [-0.2, 0) is 9.53 Å². The van der Waals surface area contributed by atoms with Crippen LogP contribution < -0.4 is 5.73 Å². The van der Waals surface area contributed by atoms with Crippen LogP contribution in [0.4, 0.5) is 0 Å². The van der Waals surface area contributed by atoms with Gasteiger partial charge in [0, 0.05) is 0 Å². The van der Waals surface area contributed by atoms with Crippen LogP contribution in [0.25, 0.3) is 0 Å². The number of hydrogen-bond acceptors (Lipinski definition) is 5. The van der Waals surface area contributed by atoms with Gasteiger partial charge < -0.3 is 14.9 Å². The van der Waals surface area contributed by atoms with Crippen molar-refractivity contribution in [3.63, 3.8) is 0 Å². The summed E-state index contributed by atoms with van der Waals surface area (Å²) in [5.74, 6) is -2.70. The van der Waals surface area contributed by atoms with E-state index in [2.05, 4.69) is 4.74 Å². The monoisotopic (exact) mass is 211 g/mol. The third-order valence-corrected chi connectivity index (χ3v) is 1.84. The van der Waals surface area contributed by atoms with Gasteiger partial charge in [-0.3, -0.25) is 9.59 Å². The number of ketones is 1. The Labute approximate surface area is 85.0 Å². The molecule has 0 unspecified atom stereocenters. The van der Waals surface area contributed by atoms with Crippen LogP contribution in [0.3, 0.4) is 0 Å². The van der Waals surface area contributed by atoms with Crippen LogP contribution >= 0.6 is 0 Å². The van der Waals surface area contributed by atoms with Crippen molar-refractivity contribution < 1.29 is 23.5 Å². The lowest BCUT2D eigenvalue weighted by molar-refractivity contribution is -0.135. The molecule has 0 aromatic carbocycles. The first-order valence-electron chi connectivity index (χ1n) is 3.99. The molecule has 0 saturated carbocycles. The standard InChI is InChI=1S/C9H9NO5/c1-4-6(7(11)9(13)14-2)5(3-15-4)8(10)12/h3H,1-2H3,(H2,10,12). The molecule has 80 valence electrons. The number of furan rings is 1. The van der Waals surface area contributed by atoms with Crippen molar-refractivity contribution in [2.24, 2.45) is 5.73 Å². The predicted octanol–water partition coefficient (Wildman–Crippen LogP) is 0.0426. The predicted molar refractivity (Wildman–Crippen MR) is 48.3 cm³/mol. The Balaban J connectivity index is 3.23. The number of hydrogen-bond donors (Lipinski definition) is 1. The van der Waals surface area contributed by atoms with Gasteiger partial charge in [0.05, 0.1) is 18.2 Å². The quantitative estimate of drug-likeness (QED) is 0.432. The topological polar surface area (TPSA) is 99.6 Å². The van der Waals surface area contributed by atoms with Crippen LogP contribution in [0.5, 0.6) is 0 Å². The molecule has 15 heavy (non-hydrogen) atoms. The maximum absolute atomic E-state index is 11.4. The van der Waals surface area contributed by atoms with Crippen LogP contribution in [0.2, 0.25) is 0 Å². The number of aryl methyl sites for hydroxylation is 1. The molecule has 0 aliphatic heterocycles. The van der Waals surface area contributed by atoms with Gasteiger partial charge >= 0.3 is 5.97 Å². The Hall–Kier alpha value is -2.11. The number of rotatable bonds is 3. The molecule has 0 fully saturated rings. The number of carbonyl (C=O) groups is 3. The van der Waals surface area contributed by atoms with Gasteiger partial charge in [-0.1, -0.05) is 0 Å². The summed E-state index contributed by atoms with van der Waals surface area (Å²) < 4.78 is 9.09. The fraction of sp³-hybridized carbons (Fsp3) is 0.222. The van der Waals surface area contributed by atoms with E-state index in [9.17, 15) is 14.4 Å². The molecule has 1 heterocycles. The fourth-order valence-corrected chi connectivity index (χ4v) is 1.11. The smallest absolute Gasteiger partial charge is 0.379 e. The first-order chi connectivity index (χ1) is 6.99. The minimum absolute atomic E-state index is 0.122. The summed E-state index contributed by atoms with van der Waals surface area (Å²) in [5, 5.41) is 0. The number of nitrogens with two attached hydrogens (primary N) is 1. The minimum atomic E-state index is -1.07. The molecule has 2 N–H and O–H groups in total. The number of carbonyl (C=O) groups excluding carboxylic acids is 3. The van der Waals surface area contributed by atoms with Crippen molar-refractivity contribution in [3.8, 4) is 0 Å². The second-order valence-corrected chi connectivity index (χ2v) is 2.77.